The predicted molar refractivity (Wildman–Crippen MR) is 77.4 cm³/mol. The second-order valence-corrected chi connectivity index (χ2v) is 4.67. The van der Waals surface area contributed by atoms with E-state index in [9.17, 15) is 4.39 Å². The van der Waals surface area contributed by atoms with E-state index in [1.54, 1.807) is 31.5 Å². The van der Waals surface area contributed by atoms with E-state index in [1.807, 2.05) is 6.07 Å². The summed E-state index contributed by atoms with van der Waals surface area (Å²) in [5, 5.41) is 3.33. The van der Waals surface area contributed by atoms with Crippen LogP contribution < -0.4 is 10.1 Å². The summed E-state index contributed by atoms with van der Waals surface area (Å²) in [6.07, 6.45) is 4.51. The van der Waals surface area contributed by atoms with Crippen LogP contribution in [0.5, 0.6) is 11.5 Å². The van der Waals surface area contributed by atoms with E-state index in [2.05, 4.69) is 17.2 Å². The Labute approximate surface area is 118 Å². The molecule has 0 aliphatic rings. The molecule has 0 aliphatic carbocycles. The van der Waals surface area contributed by atoms with Crippen molar-refractivity contribution in [3.8, 4) is 11.5 Å². The molecule has 0 fully saturated rings. The molecule has 0 amide bonds. The predicted octanol–water partition coefficient (Wildman–Crippen LogP) is 3.82. The molecule has 0 unspecified atom stereocenters. The number of aromatic nitrogens is 1. The maximum Gasteiger partial charge on any atom is 0.150 e. The minimum atomic E-state index is -0.228. The van der Waals surface area contributed by atoms with Crippen LogP contribution in [0.1, 0.15) is 24.5 Å². The standard InChI is InChI=1S/C16H19FN2O/c1-3-7-18-10-13-6-8-19-11-16(13)20-14-4-5-15(17)12(2)9-14/h4-6,8-9,11,18H,3,7,10H2,1-2H3. The normalized spacial score (nSPS) is 10.6. The van der Waals surface area contributed by atoms with Crippen molar-refractivity contribution in [1.29, 1.82) is 0 Å². The largest absolute Gasteiger partial charge is 0.455 e. The number of rotatable bonds is 6. The number of hydrogen-bond acceptors (Lipinski definition) is 3. The highest BCUT2D eigenvalue weighted by molar-refractivity contribution is 5.37. The molecule has 4 heteroatoms. The van der Waals surface area contributed by atoms with Gasteiger partial charge in [-0.25, -0.2) is 4.39 Å². The van der Waals surface area contributed by atoms with Crippen LogP contribution >= 0.6 is 0 Å². The van der Waals surface area contributed by atoms with Crippen LogP contribution in [0.4, 0.5) is 4.39 Å². The number of halogens is 1. The Balaban J connectivity index is 2.13. The highest BCUT2D eigenvalue weighted by atomic mass is 19.1. The Morgan fingerprint density at radius 3 is 2.90 bits per heavy atom. The maximum atomic E-state index is 13.2. The zero-order valence-corrected chi connectivity index (χ0v) is 11.8. The van der Waals surface area contributed by atoms with Gasteiger partial charge in [-0.1, -0.05) is 6.92 Å². The molecule has 106 valence electrons. The lowest BCUT2D eigenvalue weighted by Crippen LogP contribution is -2.14. The maximum absolute atomic E-state index is 13.2. The van der Waals surface area contributed by atoms with Crippen LogP contribution in [0.3, 0.4) is 0 Å². The van der Waals surface area contributed by atoms with Gasteiger partial charge >= 0.3 is 0 Å². The van der Waals surface area contributed by atoms with Gasteiger partial charge in [-0.2, -0.15) is 0 Å². The highest BCUT2D eigenvalue weighted by Crippen LogP contribution is 2.25. The van der Waals surface area contributed by atoms with E-state index in [1.165, 1.54) is 6.07 Å². The van der Waals surface area contributed by atoms with Gasteiger partial charge in [-0.15, -0.1) is 0 Å². The average Bonchev–Trinajstić information content (AvgIpc) is 2.45. The quantitative estimate of drug-likeness (QED) is 0.813. The van der Waals surface area contributed by atoms with E-state index >= 15 is 0 Å². The van der Waals surface area contributed by atoms with Crippen LogP contribution in [0.2, 0.25) is 0 Å². The fourth-order valence-corrected chi connectivity index (χ4v) is 1.85. The Hall–Kier alpha value is -1.94. The molecular formula is C16H19FN2O. The van der Waals surface area contributed by atoms with Gasteiger partial charge in [0, 0.05) is 18.3 Å². The van der Waals surface area contributed by atoms with Crippen molar-refractivity contribution >= 4 is 0 Å². The van der Waals surface area contributed by atoms with Gasteiger partial charge in [0.15, 0.2) is 0 Å². The molecule has 1 heterocycles. The third-order valence-electron chi connectivity index (χ3n) is 2.97. The first kappa shape index (κ1) is 14.5. The average molecular weight is 274 g/mol. The number of aryl methyl sites for hydroxylation is 1. The fourth-order valence-electron chi connectivity index (χ4n) is 1.85. The zero-order chi connectivity index (χ0) is 14.4. The molecule has 2 aromatic rings. The van der Waals surface area contributed by atoms with Crippen molar-refractivity contribution in [2.24, 2.45) is 0 Å². The molecule has 0 saturated heterocycles. The Bertz CT molecular complexity index is 572. The van der Waals surface area contributed by atoms with Crippen molar-refractivity contribution in [1.82, 2.24) is 10.3 Å². The van der Waals surface area contributed by atoms with Crippen LogP contribution in [0.25, 0.3) is 0 Å². The zero-order valence-electron chi connectivity index (χ0n) is 11.8. The number of hydrogen-bond donors (Lipinski definition) is 1. The number of nitrogens with one attached hydrogen (secondary N) is 1. The third kappa shape index (κ3) is 3.78. The molecule has 0 bridgehead atoms. The molecule has 2 rings (SSSR count). The van der Waals surface area contributed by atoms with Crippen molar-refractivity contribution in [2.45, 2.75) is 26.8 Å². The van der Waals surface area contributed by atoms with Crippen molar-refractivity contribution in [3.63, 3.8) is 0 Å². The minimum Gasteiger partial charge on any atom is -0.455 e. The van der Waals surface area contributed by atoms with Crippen LogP contribution in [-0.4, -0.2) is 11.5 Å². The van der Waals surface area contributed by atoms with Gasteiger partial charge in [0.1, 0.15) is 17.3 Å². The number of benzene rings is 1. The first-order valence-electron chi connectivity index (χ1n) is 6.78. The summed E-state index contributed by atoms with van der Waals surface area (Å²) < 4.78 is 19.1. The van der Waals surface area contributed by atoms with Gasteiger partial charge in [0.05, 0.1) is 6.20 Å². The third-order valence-corrected chi connectivity index (χ3v) is 2.97. The smallest absolute Gasteiger partial charge is 0.150 e. The molecular weight excluding hydrogens is 255 g/mol. The lowest BCUT2D eigenvalue weighted by atomic mass is 10.2. The SMILES string of the molecule is CCCNCc1ccncc1Oc1ccc(F)c(C)c1. The van der Waals surface area contributed by atoms with Crippen molar-refractivity contribution in [2.75, 3.05) is 6.54 Å². The monoisotopic (exact) mass is 274 g/mol. The van der Waals surface area contributed by atoms with E-state index in [4.69, 9.17) is 4.74 Å². The second kappa shape index (κ2) is 7.01. The van der Waals surface area contributed by atoms with Gasteiger partial charge < -0.3 is 10.1 Å². The molecule has 1 aromatic carbocycles. The summed E-state index contributed by atoms with van der Waals surface area (Å²) in [5.41, 5.74) is 1.60. The molecule has 20 heavy (non-hydrogen) atoms. The van der Waals surface area contributed by atoms with Crippen LogP contribution in [-0.2, 0) is 6.54 Å². The van der Waals surface area contributed by atoms with E-state index < -0.39 is 0 Å². The Morgan fingerprint density at radius 2 is 2.15 bits per heavy atom. The summed E-state index contributed by atoms with van der Waals surface area (Å²) >= 11 is 0. The molecule has 1 aromatic heterocycles. The van der Waals surface area contributed by atoms with Gasteiger partial charge in [-0.05, 0) is 49.7 Å². The molecule has 0 radical (unpaired) electrons. The number of nitrogens with zero attached hydrogens (tertiary/aromatic N) is 1. The van der Waals surface area contributed by atoms with Gasteiger partial charge in [-0.3, -0.25) is 4.98 Å². The Morgan fingerprint density at radius 1 is 1.30 bits per heavy atom. The first-order valence-corrected chi connectivity index (χ1v) is 6.78. The number of pyridine rings is 1. The summed E-state index contributed by atoms with van der Waals surface area (Å²) in [6, 6.07) is 6.65. The molecule has 1 N–H and O–H groups in total. The van der Waals surface area contributed by atoms with E-state index in [0.717, 1.165) is 25.1 Å². The summed E-state index contributed by atoms with van der Waals surface area (Å²) in [7, 11) is 0. The number of ether oxygens (including phenoxy) is 1. The molecule has 0 atom stereocenters. The first-order chi connectivity index (χ1) is 9.70. The highest BCUT2D eigenvalue weighted by Gasteiger charge is 2.06. The molecule has 0 aliphatic heterocycles. The summed E-state index contributed by atoms with van der Waals surface area (Å²) in [5.74, 6) is 1.09. The molecule has 3 nitrogen and oxygen atoms in total. The second-order valence-electron chi connectivity index (χ2n) is 4.67. The van der Waals surface area contributed by atoms with Gasteiger partial charge in [0.2, 0.25) is 0 Å². The molecule has 0 spiro atoms. The Kier molecular flexibility index (Phi) is 5.07. The van der Waals surface area contributed by atoms with Crippen LogP contribution in [0.15, 0.2) is 36.7 Å². The summed E-state index contributed by atoms with van der Waals surface area (Å²) in [4.78, 5) is 4.08. The van der Waals surface area contributed by atoms with Crippen LogP contribution in [0, 0.1) is 12.7 Å². The topological polar surface area (TPSA) is 34.2 Å². The van der Waals surface area contributed by atoms with Gasteiger partial charge in [0.25, 0.3) is 0 Å². The van der Waals surface area contributed by atoms with E-state index in [0.29, 0.717) is 17.1 Å². The lowest BCUT2D eigenvalue weighted by Gasteiger charge is -2.11. The van der Waals surface area contributed by atoms with E-state index in [-0.39, 0.29) is 5.82 Å². The molecule has 0 saturated carbocycles. The minimum absolute atomic E-state index is 0.228. The lowest BCUT2D eigenvalue weighted by molar-refractivity contribution is 0.467. The summed E-state index contributed by atoms with van der Waals surface area (Å²) in [6.45, 7) is 5.52. The fraction of sp³-hybridized carbons (Fsp3) is 0.312. The van der Waals surface area contributed by atoms with Crippen molar-refractivity contribution < 1.29 is 9.13 Å². The van der Waals surface area contributed by atoms with Crippen molar-refractivity contribution in [3.05, 3.63) is 53.6 Å².